The van der Waals surface area contributed by atoms with E-state index in [1.165, 1.54) is 17.4 Å². The second-order valence-corrected chi connectivity index (χ2v) is 5.29. The van der Waals surface area contributed by atoms with Crippen molar-refractivity contribution in [3.8, 4) is 0 Å². The van der Waals surface area contributed by atoms with Crippen LogP contribution in [0.2, 0.25) is 0 Å². The van der Waals surface area contributed by atoms with Gasteiger partial charge in [0.05, 0.1) is 5.54 Å². The van der Waals surface area contributed by atoms with Crippen LogP contribution in [0.5, 0.6) is 0 Å². The molecular weight excluding hydrogens is 251 g/mol. The van der Waals surface area contributed by atoms with Gasteiger partial charge in [0.1, 0.15) is 5.82 Å². The van der Waals surface area contributed by atoms with Gasteiger partial charge >= 0.3 is 0 Å². The van der Waals surface area contributed by atoms with E-state index >= 15 is 0 Å². The van der Waals surface area contributed by atoms with Crippen LogP contribution in [-0.2, 0) is 5.54 Å². The molecule has 3 nitrogen and oxygen atoms in total. The van der Waals surface area contributed by atoms with E-state index in [1.807, 2.05) is 0 Å². The maximum Gasteiger partial charge on any atom is 0.280 e. The number of amides is 1. The fourth-order valence-corrected chi connectivity index (χ4v) is 2.24. The Hall–Kier alpha value is -1.75. The van der Waals surface area contributed by atoms with Crippen LogP contribution >= 0.6 is 11.3 Å². The minimum Gasteiger partial charge on any atom is -0.341 e. The molecule has 0 unspecified atom stereocenters. The highest BCUT2D eigenvalue weighted by Gasteiger charge is 2.26. The Bertz CT molecular complexity index is 552. The highest BCUT2D eigenvalue weighted by atomic mass is 32.1. The van der Waals surface area contributed by atoms with Gasteiger partial charge in [-0.05, 0) is 19.9 Å². The maximum absolute atomic E-state index is 13.7. The average Bonchev–Trinajstić information content (AvgIpc) is 2.82. The number of nitrogens with one attached hydrogen (secondary N) is 1. The summed E-state index contributed by atoms with van der Waals surface area (Å²) in [6, 6.07) is 6.41. The van der Waals surface area contributed by atoms with Crippen molar-refractivity contribution >= 4 is 17.2 Å². The van der Waals surface area contributed by atoms with E-state index in [9.17, 15) is 9.18 Å². The molecule has 0 bridgehead atoms. The Morgan fingerprint density at radius 1 is 1.39 bits per heavy atom. The molecule has 0 saturated heterocycles. The summed E-state index contributed by atoms with van der Waals surface area (Å²) in [5.41, 5.74) is -0.330. The first kappa shape index (κ1) is 12.7. The van der Waals surface area contributed by atoms with E-state index in [4.69, 9.17) is 0 Å². The molecule has 0 aliphatic rings. The molecule has 94 valence electrons. The van der Waals surface area contributed by atoms with Gasteiger partial charge < -0.3 is 5.32 Å². The minimum atomic E-state index is -0.784. The molecule has 18 heavy (non-hydrogen) atoms. The third-order valence-corrected chi connectivity index (χ3v) is 3.37. The standard InChI is InChI=1S/C13H13FN2OS/c1-13(2,9-5-3-4-6-10(9)14)16-11(17)12-15-7-8-18-12/h3-8H,1-2H3,(H,16,17). The zero-order valence-corrected chi connectivity index (χ0v) is 10.9. The largest absolute Gasteiger partial charge is 0.341 e. The quantitative estimate of drug-likeness (QED) is 0.926. The van der Waals surface area contributed by atoms with Crippen molar-refractivity contribution in [2.75, 3.05) is 0 Å². The van der Waals surface area contributed by atoms with Gasteiger partial charge in [-0.25, -0.2) is 9.37 Å². The van der Waals surface area contributed by atoms with Crippen LogP contribution in [0.15, 0.2) is 35.8 Å². The molecule has 0 spiro atoms. The van der Waals surface area contributed by atoms with Crippen molar-refractivity contribution in [2.45, 2.75) is 19.4 Å². The summed E-state index contributed by atoms with van der Waals surface area (Å²) in [4.78, 5) is 15.8. The number of nitrogens with zero attached hydrogens (tertiary/aromatic N) is 1. The van der Waals surface area contributed by atoms with Crippen molar-refractivity contribution in [3.05, 3.63) is 52.2 Å². The van der Waals surface area contributed by atoms with E-state index in [0.717, 1.165) is 0 Å². The lowest BCUT2D eigenvalue weighted by atomic mass is 9.94. The fourth-order valence-electron chi connectivity index (χ4n) is 1.71. The second-order valence-electron chi connectivity index (χ2n) is 4.40. The van der Waals surface area contributed by atoms with E-state index < -0.39 is 5.54 Å². The molecule has 0 saturated carbocycles. The minimum absolute atomic E-state index is 0.293. The molecule has 1 aromatic carbocycles. The number of benzene rings is 1. The molecular formula is C13H13FN2OS. The molecule has 0 fully saturated rings. The summed E-state index contributed by atoms with van der Waals surface area (Å²) < 4.78 is 13.7. The fraction of sp³-hybridized carbons (Fsp3) is 0.231. The first-order valence-corrected chi connectivity index (χ1v) is 6.36. The highest BCUT2D eigenvalue weighted by molar-refractivity contribution is 7.11. The number of thiazole rings is 1. The van der Waals surface area contributed by atoms with Gasteiger partial charge in [0.15, 0.2) is 5.01 Å². The first-order valence-electron chi connectivity index (χ1n) is 5.48. The van der Waals surface area contributed by atoms with Crippen molar-refractivity contribution in [2.24, 2.45) is 0 Å². The summed E-state index contributed by atoms with van der Waals surface area (Å²) in [5.74, 6) is -0.625. The predicted octanol–water partition coefficient (Wildman–Crippen LogP) is 2.95. The van der Waals surface area contributed by atoms with E-state index in [1.54, 1.807) is 43.6 Å². The number of aromatic nitrogens is 1. The number of halogens is 1. The second kappa shape index (κ2) is 4.86. The molecule has 5 heteroatoms. The lowest BCUT2D eigenvalue weighted by Crippen LogP contribution is -2.41. The Labute approximate surface area is 109 Å². The summed E-state index contributed by atoms with van der Waals surface area (Å²) >= 11 is 1.25. The normalized spacial score (nSPS) is 11.3. The SMILES string of the molecule is CC(C)(NC(=O)c1nccs1)c1ccccc1F. The van der Waals surface area contributed by atoms with Crippen molar-refractivity contribution in [1.29, 1.82) is 0 Å². The summed E-state index contributed by atoms with van der Waals surface area (Å²) in [7, 11) is 0. The van der Waals surface area contributed by atoms with Crippen LogP contribution in [0, 0.1) is 5.82 Å². The van der Waals surface area contributed by atoms with Gasteiger partial charge in [-0.15, -0.1) is 11.3 Å². The van der Waals surface area contributed by atoms with E-state index in [0.29, 0.717) is 10.6 Å². The van der Waals surface area contributed by atoms with Gasteiger partial charge in [-0.3, -0.25) is 4.79 Å². The molecule has 1 amide bonds. The van der Waals surface area contributed by atoms with Gasteiger partial charge in [0.2, 0.25) is 0 Å². The lowest BCUT2D eigenvalue weighted by Gasteiger charge is -2.26. The van der Waals surface area contributed by atoms with Crippen LogP contribution in [0.3, 0.4) is 0 Å². The number of rotatable bonds is 3. The van der Waals surface area contributed by atoms with E-state index in [2.05, 4.69) is 10.3 Å². The summed E-state index contributed by atoms with van der Waals surface area (Å²) in [6.45, 7) is 3.52. The Morgan fingerprint density at radius 3 is 2.72 bits per heavy atom. The lowest BCUT2D eigenvalue weighted by molar-refractivity contribution is 0.0910. The Balaban J connectivity index is 2.22. The molecule has 1 heterocycles. The van der Waals surface area contributed by atoms with Crippen LogP contribution < -0.4 is 5.32 Å². The summed E-state index contributed by atoms with van der Waals surface area (Å²) in [6.07, 6.45) is 1.57. The average molecular weight is 264 g/mol. The van der Waals surface area contributed by atoms with Crippen molar-refractivity contribution in [3.63, 3.8) is 0 Å². The molecule has 1 N–H and O–H groups in total. The Morgan fingerprint density at radius 2 is 2.11 bits per heavy atom. The van der Waals surface area contributed by atoms with Crippen molar-refractivity contribution < 1.29 is 9.18 Å². The molecule has 2 aromatic rings. The molecule has 0 aliphatic heterocycles. The molecule has 0 aliphatic carbocycles. The first-order chi connectivity index (χ1) is 8.50. The molecule has 1 aromatic heterocycles. The topological polar surface area (TPSA) is 42.0 Å². The third-order valence-electron chi connectivity index (χ3n) is 2.60. The van der Waals surface area contributed by atoms with Crippen LogP contribution in [-0.4, -0.2) is 10.9 Å². The Kier molecular flexibility index (Phi) is 3.43. The van der Waals surface area contributed by atoms with Gasteiger partial charge in [0.25, 0.3) is 5.91 Å². The van der Waals surface area contributed by atoms with Crippen molar-refractivity contribution in [1.82, 2.24) is 10.3 Å². The summed E-state index contributed by atoms with van der Waals surface area (Å²) in [5, 5.41) is 4.89. The number of carbonyl (C=O) groups excluding carboxylic acids is 1. The highest BCUT2D eigenvalue weighted by Crippen LogP contribution is 2.23. The van der Waals surface area contributed by atoms with E-state index in [-0.39, 0.29) is 11.7 Å². The number of carbonyl (C=O) groups is 1. The smallest absolute Gasteiger partial charge is 0.280 e. The molecule has 2 rings (SSSR count). The van der Waals surface area contributed by atoms with Crippen LogP contribution in [0.25, 0.3) is 0 Å². The van der Waals surface area contributed by atoms with Crippen LogP contribution in [0.4, 0.5) is 4.39 Å². The third kappa shape index (κ3) is 2.56. The predicted molar refractivity (Wildman–Crippen MR) is 69.0 cm³/mol. The monoisotopic (exact) mass is 264 g/mol. The van der Waals surface area contributed by atoms with Crippen LogP contribution in [0.1, 0.15) is 29.2 Å². The number of hydrogen-bond donors (Lipinski definition) is 1. The maximum atomic E-state index is 13.7. The van der Waals surface area contributed by atoms with Gasteiger partial charge in [-0.1, -0.05) is 18.2 Å². The molecule has 0 radical (unpaired) electrons. The number of hydrogen-bond acceptors (Lipinski definition) is 3. The van der Waals surface area contributed by atoms with Gasteiger partial charge in [-0.2, -0.15) is 0 Å². The van der Waals surface area contributed by atoms with Gasteiger partial charge in [0, 0.05) is 17.1 Å². The zero-order chi connectivity index (χ0) is 13.2. The zero-order valence-electron chi connectivity index (χ0n) is 10.1. The molecule has 0 atom stereocenters.